The molecule has 0 saturated carbocycles. The fourth-order valence-corrected chi connectivity index (χ4v) is 2.43. The predicted molar refractivity (Wildman–Crippen MR) is 101 cm³/mol. The fraction of sp³-hybridized carbons (Fsp3) is 0.150. The smallest absolute Gasteiger partial charge is 0.272 e. The van der Waals surface area contributed by atoms with Crippen molar-refractivity contribution >= 4 is 17.4 Å². The summed E-state index contributed by atoms with van der Waals surface area (Å²) >= 11 is 0. The van der Waals surface area contributed by atoms with E-state index in [0.717, 1.165) is 17.0 Å². The number of para-hydroxylation sites is 1. The van der Waals surface area contributed by atoms with Gasteiger partial charge in [0.1, 0.15) is 5.75 Å². The second-order valence-corrected chi connectivity index (χ2v) is 5.70. The Morgan fingerprint density at radius 3 is 2.35 bits per heavy atom. The monoisotopic (exact) mass is 348 g/mol. The van der Waals surface area contributed by atoms with Crippen LogP contribution in [0.15, 0.2) is 66.7 Å². The van der Waals surface area contributed by atoms with Crippen molar-refractivity contribution in [1.29, 1.82) is 0 Å². The molecule has 0 radical (unpaired) electrons. The Bertz CT molecular complexity index is 849. The highest BCUT2D eigenvalue weighted by Crippen LogP contribution is 2.20. The van der Waals surface area contributed by atoms with Crippen LogP contribution in [0.4, 0.5) is 11.5 Å². The Kier molecular flexibility index (Phi) is 5.43. The summed E-state index contributed by atoms with van der Waals surface area (Å²) in [5, 5.41) is 11.0. The molecule has 0 bridgehead atoms. The van der Waals surface area contributed by atoms with Crippen LogP contribution in [0.3, 0.4) is 0 Å². The number of carbonyl (C=O) groups excluding carboxylic acids is 1. The lowest BCUT2D eigenvalue weighted by atomic mass is 10.2. The van der Waals surface area contributed by atoms with Crippen molar-refractivity contribution in [2.75, 3.05) is 19.1 Å². The molecule has 6 heteroatoms. The number of rotatable bonds is 6. The van der Waals surface area contributed by atoms with Crippen molar-refractivity contribution in [3.05, 3.63) is 78.0 Å². The maximum atomic E-state index is 12.2. The minimum Gasteiger partial charge on any atom is -0.497 e. The Labute approximate surface area is 152 Å². The molecule has 0 unspecified atom stereocenters. The largest absolute Gasteiger partial charge is 0.497 e. The molecule has 1 aromatic heterocycles. The Balaban J connectivity index is 1.61. The highest BCUT2D eigenvalue weighted by Gasteiger charge is 2.10. The molecule has 0 aliphatic carbocycles. The van der Waals surface area contributed by atoms with Gasteiger partial charge in [0.15, 0.2) is 11.5 Å². The van der Waals surface area contributed by atoms with Crippen LogP contribution in [0.5, 0.6) is 5.75 Å². The molecule has 26 heavy (non-hydrogen) atoms. The normalized spacial score (nSPS) is 10.2. The van der Waals surface area contributed by atoms with Gasteiger partial charge < -0.3 is 15.0 Å². The summed E-state index contributed by atoms with van der Waals surface area (Å²) in [5.74, 6) is 1.19. The van der Waals surface area contributed by atoms with Gasteiger partial charge in [-0.15, -0.1) is 10.2 Å². The van der Waals surface area contributed by atoms with Crippen LogP contribution >= 0.6 is 0 Å². The molecule has 3 rings (SSSR count). The Hall–Kier alpha value is -3.41. The van der Waals surface area contributed by atoms with Crippen molar-refractivity contribution in [2.24, 2.45) is 0 Å². The van der Waals surface area contributed by atoms with Crippen molar-refractivity contribution in [1.82, 2.24) is 15.5 Å². The number of carbonyl (C=O) groups is 1. The van der Waals surface area contributed by atoms with Gasteiger partial charge in [0, 0.05) is 19.3 Å². The number of amides is 1. The lowest BCUT2D eigenvalue weighted by Gasteiger charge is -2.17. The van der Waals surface area contributed by atoms with Gasteiger partial charge in [-0.25, -0.2) is 0 Å². The zero-order valence-corrected chi connectivity index (χ0v) is 14.7. The summed E-state index contributed by atoms with van der Waals surface area (Å²) in [6.45, 7) is 0.413. The number of anilines is 2. The van der Waals surface area contributed by atoms with E-state index in [9.17, 15) is 4.79 Å². The molecule has 6 nitrogen and oxygen atoms in total. The van der Waals surface area contributed by atoms with Gasteiger partial charge in [0.05, 0.1) is 7.11 Å². The molecule has 0 atom stereocenters. The molecule has 0 fully saturated rings. The number of aromatic nitrogens is 2. The second kappa shape index (κ2) is 8.11. The maximum Gasteiger partial charge on any atom is 0.272 e. The van der Waals surface area contributed by atoms with E-state index in [1.807, 2.05) is 66.5 Å². The standard InChI is InChI=1S/C20H20N4O2/c1-24(16-6-4-3-5-7-16)19-13-12-18(22-23-19)20(25)21-14-15-8-10-17(26-2)11-9-15/h3-13H,14H2,1-2H3,(H,21,25). The molecule has 1 amide bonds. The number of nitrogens with zero attached hydrogens (tertiary/aromatic N) is 3. The number of nitrogens with one attached hydrogen (secondary N) is 1. The first-order chi connectivity index (χ1) is 12.7. The van der Waals surface area contributed by atoms with E-state index >= 15 is 0 Å². The van der Waals surface area contributed by atoms with E-state index in [4.69, 9.17) is 4.74 Å². The number of benzene rings is 2. The molecule has 0 saturated heterocycles. The van der Waals surface area contributed by atoms with Crippen molar-refractivity contribution in [2.45, 2.75) is 6.54 Å². The van der Waals surface area contributed by atoms with E-state index in [2.05, 4.69) is 15.5 Å². The van der Waals surface area contributed by atoms with Crippen LogP contribution in [0.25, 0.3) is 0 Å². The topological polar surface area (TPSA) is 67.3 Å². The van der Waals surface area contributed by atoms with Gasteiger partial charge in [0.2, 0.25) is 0 Å². The Morgan fingerprint density at radius 2 is 1.73 bits per heavy atom. The number of hydrogen-bond acceptors (Lipinski definition) is 5. The summed E-state index contributed by atoms with van der Waals surface area (Å²) in [5.41, 5.74) is 2.26. The molecule has 1 N–H and O–H groups in total. The number of methoxy groups -OCH3 is 1. The zero-order valence-electron chi connectivity index (χ0n) is 14.7. The third-order valence-electron chi connectivity index (χ3n) is 3.98. The average Bonchev–Trinajstić information content (AvgIpc) is 2.72. The highest BCUT2D eigenvalue weighted by atomic mass is 16.5. The van der Waals surface area contributed by atoms with Crippen molar-refractivity contribution in [3.63, 3.8) is 0 Å². The third-order valence-corrected chi connectivity index (χ3v) is 3.98. The van der Waals surface area contributed by atoms with E-state index in [-0.39, 0.29) is 11.6 Å². The molecule has 1 heterocycles. The van der Waals surface area contributed by atoms with Gasteiger partial charge in [-0.3, -0.25) is 4.79 Å². The summed E-state index contributed by atoms with van der Waals surface area (Å²) in [6, 6.07) is 20.8. The van der Waals surface area contributed by atoms with E-state index in [0.29, 0.717) is 12.4 Å². The molecule has 3 aromatic rings. The summed E-state index contributed by atoms with van der Waals surface area (Å²) in [6.07, 6.45) is 0. The van der Waals surface area contributed by atoms with Crippen LogP contribution in [0, 0.1) is 0 Å². The zero-order chi connectivity index (χ0) is 18.4. The minimum atomic E-state index is -0.262. The molecule has 2 aromatic carbocycles. The average molecular weight is 348 g/mol. The maximum absolute atomic E-state index is 12.2. The number of ether oxygens (including phenoxy) is 1. The first-order valence-corrected chi connectivity index (χ1v) is 8.21. The molecule has 0 spiro atoms. The number of hydrogen-bond donors (Lipinski definition) is 1. The first kappa shape index (κ1) is 17.4. The molecular weight excluding hydrogens is 328 g/mol. The molecule has 0 aliphatic heterocycles. The van der Waals surface area contributed by atoms with Crippen LogP contribution in [-0.4, -0.2) is 30.3 Å². The lowest BCUT2D eigenvalue weighted by molar-refractivity contribution is 0.0945. The van der Waals surface area contributed by atoms with Gasteiger partial charge in [-0.2, -0.15) is 0 Å². The van der Waals surface area contributed by atoms with E-state index in [1.165, 1.54) is 0 Å². The van der Waals surface area contributed by atoms with E-state index < -0.39 is 0 Å². The highest BCUT2D eigenvalue weighted by molar-refractivity contribution is 5.92. The molecular formula is C20H20N4O2. The molecule has 0 aliphatic rings. The van der Waals surface area contributed by atoms with Crippen LogP contribution < -0.4 is 15.0 Å². The lowest BCUT2D eigenvalue weighted by Crippen LogP contribution is -2.24. The minimum absolute atomic E-state index is 0.262. The van der Waals surface area contributed by atoms with Crippen molar-refractivity contribution < 1.29 is 9.53 Å². The third kappa shape index (κ3) is 4.16. The quantitative estimate of drug-likeness (QED) is 0.741. The first-order valence-electron chi connectivity index (χ1n) is 8.21. The predicted octanol–water partition coefficient (Wildman–Crippen LogP) is 3.18. The van der Waals surface area contributed by atoms with Crippen LogP contribution in [0.2, 0.25) is 0 Å². The van der Waals surface area contributed by atoms with E-state index in [1.54, 1.807) is 19.2 Å². The van der Waals surface area contributed by atoms with Gasteiger partial charge in [-0.1, -0.05) is 30.3 Å². The van der Waals surface area contributed by atoms with Gasteiger partial charge in [0.25, 0.3) is 5.91 Å². The fourth-order valence-electron chi connectivity index (χ4n) is 2.43. The molecule has 132 valence electrons. The SMILES string of the molecule is COc1ccc(CNC(=O)c2ccc(N(C)c3ccccc3)nn2)cc1. The van der Waals surface area contributed by atoms with Crippen LogP contribution in [0.1, 0.15) is 16.1 Å². The van der Waals surface area contributed by atoms with Crippen molar-refractivity contribution in [3.8, 4) is 5.75 Å². The second-order valence-electron chi connectivity index (χ2n) is 5.70. The van der Waals surface area contributed by atoms with Crippen LogP contribution in [-0.2, 0) is 6.54 Å². The Morgan fingerprint density at radius 1 is 1.00 bits per heavy atom. The van der Waals surface area contributed by atoms with Gasteiger partial charge >= 0.3 is 0 Å². The van der Waals surface area contributed by atoms with Gasteiger partial charge in [-0.05, 0) is 42.0 Å². The summed E-state index contributed by atoms with van der Waals surface area (Å²) in [4.78, 5) is 14.1. The summed E-state index contributed by atoms with van der Waals surface area (Å²) in [7, 11) is 3.52. The summed E-state index contributed by atoms with van der Waals surface area (Å²) < 4.78 is 5.12.